The van der Waals surface area contributed by atoms with Crippen molar-refractivity contribution in [3.63, 3.8) is 0 Å². The predicted octanol–water partition coefficient (Wildman–Crippen LogP) is 3.78. The zero-order chi connectivity index (χ0) is 21.1. The largest absolute Gasteiger partial charge is 0.480 e. The summed E-state index contributed by atoms with van der Waals surface area (Å²) >= 11 is 1.51. The van der Waals surface area contributed by atoms with Crippen molar-refractivity contribution in [2.24, 2.45) is 0 Å². The standard InChI is InChI=1S/C21H25N3O4S/c1-11(2)13-14(15(28-23-13)12-9-7-6-8-10-12)22-21(5)18(27)24-16(17(25)26)20(3,4)29-19(21)24/h6-11,16,19,22H,1-5H3,(H,25,26)/t16-,19+,21-/m0/s1. The monoisotopic (exact) mass is 415 g/mol. The van der Waals surface area contributed by atoms with Gasteiger partial charge in [0, 0.05) is 16.2 Å². The van der Waals surface area contributed by atoms with Gasteiger partial charge >= 0.3 is 5.97 Å². The molecule has 2 N–H and O–H groups in total. The first-order valence-corrected chi connectivity index (χ1v) is 10.5. The molecule has 4 rings (SSSR count). The molecule has 0 saturated carbocycles. The van der Waals surface area contributed by atoms with Crippen LogP contribution < -0.4 is 5.32 Å². The minimum absolute atomic E-state index is 0.0908. The molecule has 2 aliphatic heterocycles. The summed E-state index contributed by atoms with van der Waals surface area (Å²) in [5.41, 5.74) is 1.36. The van der Waals surface area contributed by atoms with Crippen molar-refractivity contribution in [2.75, 3.05) is 5.32 Å². The molecule has 0 aliphatic carbocycles. The van der Waals surface area contributed by atoms with Gasteiger partial charge in [-0.3, -0.25) is 4.79 Å². The Morgan fingerprint density at radius 1 is 1.28 bits per heavy atom. The third kappa shape index (κ3) is 2.84. The normalized spacial score (nSPS) is 27.7. The maximum absolute atomic E-state index is 13.2. The van der Waals surface area contributed by atoms with Crippen molar-refractivity contribution < 1.29 is 19.2 Å². The zero-order valence-corrected chi connectivity index (χ0v) is 17.9. The number of nitrogens with zero attached hydrogens (tertiary/aromatic N) is 2. The number of rotatable bonds is 5. The van der Waals surface area contributed by atoms with Gasteiger partial charge in [-0.05, 0) is 20.8 Å². The number of aliphatic carboxylic acids is 1. The summed E-state index contributed by atoms with van der Waals surface area (Å²) in [7, 11) is 0. The lowest BCUT2D eigenvalue weighted by atomic mass is 9.85. The summed E-state index contributed by atoms with van der Waals surface area (Å²) in [6.07, 6.45) is 0. The lowest BCUT2D eigenvalue weighted by Gasteiger charge is -2.51. The topological polar surface area (TPSA) is 95.7 Å². The fraction of sp³-hybridized carbons (Fsp3) is 0.476. The van der Waals surface area contributed by atoms with Gasteiger partial charge in [-0.1, -0.05) is 49.3 Å². The Labute approximate surface area is 173 Å². The highest BCUT2D eigenvalue weighted by molar-refractivity contribution is 8.01. The molecular weight excluding hydrogens is 390 g/mol. The average molecular weight is 416 g/mol. The fourth-order valence-corrected chi connectivity index (χ4v) is 5.85. The van der Waals surface area contributed by atoms with Gasteiger partial charge in [0.2, 0.25) is 0 Å². The Kier molecular flexibility index (Phi) is 4.45. The van der Waals surface area contributed by atoms with Crippen molar-refractivity contribution in [1.29, 1.82) is 0 Å². The Morgan fingerprint density at radius 2 is 1.93 bits per heavy atom. The van der Waals surface area contributed by atoms with Gasteiger partial charge in [0.05, 0.1) is 0 Å². The maximum atomic E-state index is 13.2. The molecule has 29 heavy (non-hydrogen) atoms. The van der Waals surface area contributed by atoms with Gasteiger partial charge in [-0.2, -0.15) is 0 Å². The minimum atomic E-state index is -0.974. The average Bonchev–Trinajstić information content (AvgIpc) is 3.19. The van der Waals surface area contributed by atoms with Crippen LogP contribution in [-0.4, -0.2) is 48.7 Å². The van der Waals surface area contributed by atoms with E-state index in [9.17, 15) is 14.7 Å². The molecule has 7 nitrogen and oxygen atoms in total. The number of carboxylic acids is 1. The number of hydrogen-bond donors (Lipinski definition) is 2. The Bertz CT molecular complexity index is 972. The van der Waals surface area contributed by atoms with E-state index in [1.54, 1.807) is 0 Å². The third-order valence-corrected chi connectivity index (χ3v) is 7.45. The second-order valence-corrected chi connectivity index (χ2v) is 10.4. The van der Waals surface area contributed by atoms with Crippen LogP contribution in [0.15, 0.2) is 34.9 Å². The number of anilines is 1. The molecule has 2 aliphatic rings. The lowest BCUT2D eigenvalue weighted by molar-refractivity contribution is -0.163. The second kappa shape index (κ2) is 6.52. The first kappa shape index (κ1) is 19.8. The fourth-order valence-electron chi connectivity index (χ4n) is 4.20. The molecule has 2 aromatic rings. The first-order chi connectivity index (χ1) is 13.6. The van der Waals surface area contributed by atoms with Crippen LogP contribution >= 0.6 is 11.8 Å². The molecule has 8 heteroatoms. The number of thioether (sulfide) groups is 1. The summed E-state index contributed by atoms with van der Waals surface area (Å²) < 4.78 is 5.09. The van der Waals surface area contributed by atoms with Crippen molar-refractivity contribution in [3.8, 4) is 11.3 Å². The molecule has 3 atom stereocenters. The molecule has 0 unspecified atom stereocenters. The Hall–Kier alpha value is -2.48. The highest BCUT2D eigenvalue weighted by Gasteiger charge is 2.69. The molecule has 0 spiro atoms. The number of fused-ring (bicyclic) bond motifs is 1. The molecule has 1 aromatic heterocycles. The number of carboxylic acid groups (broad SMARTS) is 1. The molecule has 1 aromatic carbocycles. The summed E-state index contributed by atoms with van der Waals surface area (Å²) in [5.74, 6) is -0.520. The van der Waals surface area contributed by atoms with Crippen LogP contribution in [0.25, 0.3) is 11.3 Å². The van der Waals surface area contributed by atoms with Gasteiger partial charge in [-0.25, -0.2) is 4.79 Å². The molecule has 0 radical (unpaired) electrons. The van der Waals surface area contributed by atoms with Crippen molar-refractivity contribution >= 4 is 29.3 Å². The highest BCUT2D eigenvalue weighted by atomic mass is 32.2. The molecule has 2 saturated heterocycles. The van der Waals surface area contributed by atoms with E-state index in [1.807, 2.05) is 65.0 Å². The number of aromatic nitrogens is 1. The van der Waals surface area contributed by atoms with Crippen molar-refractivity contribution in [1.82, 2.24) is 10.1 Å². The lowest BCUT2D eigenvalue weighted by Crippen LogP contribution is -2.75. The van der Waals surface area contributed by atoms with Crippen LogP contribution in [0.5, 0.6) is 0 Å². The number of carbonyl (C=O) groups excluding carboxylic acids is 1. The number of amides is 1. The van der Waals surface area contributed by atoms with E-state index in [4.69, 9.17) is 4.52 Å². The van der Waals surface area contributed by atoms with E-state index in [2.05, 4.69) is 10.5 Å². The van der Waals surface area contributed by atoms with Gasteiger partial charge in [-0.15, -0.1) is 11.8 Å². The highest BCUT2D eigenvalue weighted by Crippen LogP contribution is 2.56. The molecule has 3 heterocycles. The SMILES string of the molecule is CC(C)c1noc(-c2ccccc2)c1N[C@@]1(C)C(=O)N2[C@@H](C(=O)O)C(C)(C)S[C@@H]21. The summed E-state index contributed by atoms with van der Waals surface area (Å²) in [5, 5.41) is 17.0. The molecule has 154 valence electrons. The van der Waals surface area contributed by atoms with Crippen LogP contribution in [0, 0.1) is 0 Å². The number of nitrogens with one attached hydrogen (secondary N) is 1. The molecule has 0 bridgehead atoms. The van der Waals surface area contributed by atoms with Gasteiger partial charge in [0.15, 0.2) is 5.76 Å². The van der Waals surface area contributed by atoms with Crippen LogP contribution in [0.1, 0.15) is 46.2 Å². The number of carbonyl (C=O) groups is 2. The van der Waals surface area contributed by atoms with Gasteiger partial charge < -0.3 is 19.8 Å². The predicted molar refractivity (Wildman–Crippen MR) is 112 cm³/mol. The zero-order valence-electron chi connectivity index (χ0n) is 17.1. The van der Waals surface area contributed by atoms with E-state index in [1.165, 1.54) is 16.7 Å². The molecule has 1 amide bonds. The van der Waals surface area contributed by atoms with Crippen LogP contribution in [0.2, 0.25) is 0 Å². The Morgan fingerprint density at radius 3 is 2.52 bits per heavy atom. The third-order valence-electron chi connectivity index (χ3n) is 5.70. The maximum Gasteiger partial charge on any atom is 0.327 e. The van der Waals surface area contributed by atoms with E-state index < -0.39 is 22.3 Å². The van der Waals surface area contributed by atoms with E-state index in [0.717, 1.165) is 11.3 Å². The van der Waals surface area contributed by atoms with Crippen molar-refractivity contribution in [2.45, 2.75) is 62.2 Å². The summed E-state index contributed by atoms with van der Waals surface area (Å²) in [4.78, 5) is 26.5. The van der Waals surface area contributed by atoms with E-state index in [0.29, 0.717) is 11.4 Å². The molecular formula is C21H25N3O4S. The minimum Gasteiger partial charge on any atom is -0.480 e. The quantitative estimate of drug-likeness (QED) is 0.718. The van der Waals surface area contributed by atoms with Crippen molar-refractivity contribution in [3.05, 3.63) is 36.0 Å². The molecule has 2 fully saturated rings. The summed E-state index contributed by atoms with van der Waals surface area (Å²) in [6, 6.07) is 8.78. The van der Waals surface area contributed by atoms with Crippen LogP contribution in [0.3, 0.4) is 0 Å². The second-order valence-electron chi connectivity index (χ2n) is 8.65. The van der Waals surface area contributed by atoms with Crippen LogP contribution in [0.4, 0.5) is 5.69 Å². The van der Waals surface area contributed by atoms with Crippen LogP contribution in [-0.2, 0) is 9.59 Å². The van der Waals surface area contributed by atoms with Gasteiger partial charge in [0.1, 0.15) is 28.3 Å². The smallest absolute Gasteiger partial charge is 0.327 e. The van der Waals surface area contributed by atoms with Gasteiger partial charge in [0.25, 0.3) is 5.91 Å². The first-order valence-electron chi connectivity index (χ1n) is 9.64. The number of hydrogen-bond acceptors (Lipinski definition) is 6. The van der Waals surface area contributed by atoms with E-state index in [-0.39, 0.29) is 17.2 Å². The van der Waals surface area contributed by atoms with E-state index >= 15 is 0 Å². The Balaban J connectivity index is 1.73. The summed E-state index contributed by atoms with van der Waals surface area (Å²) in [6.45, 7) is 9.61. The number of benzene rings is 1. The number of β-lactam (4-membered cyclic amide) rings is 1.